The van der Waals surface area contributed by atoms with Gasteiger partial charge in [0.15, 0.2) is 0 Å². The maximum Gasteiger partial charge on any atom is 0.241 e. The number of rotatable bonds is 4. The zero-order valence-electron chi connectivity index (χ0n) is 9.47. The summed E-state index contributed by atoms with van der Waals surface area (Å²) in [6.45, 7) is 2.66. The molecule has 17 heavy (non-hydrogen) atoms. The molecule has 5 nitrogen and oxygen atoms in total. The molecule has 2 heterocycles. The Hall–Kier alpha value is -0.470. The SMILES string of the molecule is CC1(NS(=O)(=O)c2csc(CO)c2)CCOC1. The average Bonchev–Trinajstić information content (AvgIpc) is 2.85. The summed E-state index contributed by atoms with van der Waals surface area (Å²) >= 11 is 1.23. The molecular formula is C10H15NO4S2. The van der Waals surface area contributed by atoms with Crippen molar-refractivity contribution in [2.75, 3.05) is 13.2 Å². The van der Waals surface area contributed by atoms with Crippen molar-refractivity contribution in [3.05, 3.63) is 16.3 Å². The monoisotopic (exact) mass is 277 g/mol. The fourth-order valence-electron chi connectivity index (χ4n) is 1.72. The van der Waals surface area contributed by atoms with Crippen LogP contribution in [-0.2, 0) is 21.4 Å². The van der Waals surface area contributed by atoms with E-state index in [9.17, 15) is 8.42 Å². The molecule has 0 radical (unpaired) electrons. The number of ether oxygens (including phenoxy) is 1. The van der Waals surface area contributed by atoms with Crippen LogP contribution in [0.25, 0.3) is 0 Å². The number of thiophene rings is 1. The van der Waals surface area contributed by atoms with Gasteiger partial charge < -0.3 is 9.84 Å². The summed E-state index contributed by atoms with van der Waals surface area (Å²) in [5, 5.41) is 10.5. The molecule has 1 aromatic heterocycles. The van der Waals surface area contributed by atoms with Crippen LogP contribution >= 0.6 is 11.3 Å². The molecule has 0 spiro atoms. The Morgan fingerprint density at radius 1 is 1.65 bits per heavy atom. The highest BCUT2D eigenvalue weighted by atomic mass is 32.2. The molecule has 1 unspecified atom stereocenters. The van der Waals surface area contributed by atoms with Crippen LogP contribution in [0.4, 0.5) is 0 Å². The molecule has 1 fully saturated rings. The van der Waals surface area contributed by atoms with Crippen LogP contribution in [0.15, 0.2) is 16.3 Å². The van der Waals surface area contributed by atoms with Crippen molar-refractivity contribution in [1.29, 1.82) is 0 Å². The summed E-state index contributed by atoms with van der Waals surface area (Å²) in [5.41, 5.74) is -0.528. The van der Waals surface area contributed by atoms with Gasteiger partial charge in [0.1, 0.15) is 0 Å². The second-order valence-electron chi connectivity index (χ2n) is 4.38. The predicted octanol–water partition coefficient (Wildman–Crippen LogP) is 0.698. The highest BCUT2D eigenvalue weighted by molar-refractivity contribution is 7.89. The smallest absolute Gasteiger partial charge is 0.241 e. The molecule has 1 aromatic rings. The van der Waals surface area contributed by atoms with Crippen molar-refractivity contribution in [2.24, 2.45) is 0 Å². The summed E-state index contributed by atoms with van der Waals surface area (Å²) < 4.78 is 32.0. The van der Waals surface area contributed by atoms with Crippen molar-refractivity contribution in [3.63, 3.8) is 0 Å². The van der Waals surface area contributed by atoms with Crippen LogP contribution < -0.4 is 4.72 Å². The number of sulfonamides is 1. The van der Waals surface area contributed by atoms with E-state index in [2.05, 4.69) is 4.72 Å². The Bertz CT molecular complexity index is 488. The number of hydrogen-bond donors (Lipinski definition) is 2. The number of aliphatic hydroxyl groups is 1. The molecule has 0 aliphatic carbocycles. The summed E-state index contributed by atoms with van der Waals surface area (Å²) in [6.07, 6.45) is 0.670. The molecule has 1 aliphatic rings. The fourth-order valence-corrected chi connectivity index (χ4v) is 4.27. The molecule has 0 aromatic carbocycles. The lowest BCUT2D eigenvalue weighted by molar-refractivity contribution is 0.178. The van der Waals surface area contributed by atoms with Crippen molar-refractivity contribution >= 4 is 21.4 Å². The average molecular weight is 277 g/mol. The number of hydrogen-bond acceptors (Lipinski definition) is 5. The van der Waals surface area contributed by atoms with E-state index in [1.54, 1.807) is 0 Å². The van der Waals surface area contributed by atoms with Gasteiger partial charge in [-0.3, -0.25) is 0 Å². The molecule has 7 heteroatoms. The van der Waals surface area contributed by atoms with E-state index in [0.717, 1.165) is 0 Å². The Kier molecular flexibility index (Phi) is 3.55. The lowest BCUT2D eigenvalue weighted by Crippen LogP contribution is -2.46. The molecule has 0 saturated carbocycles. The van der Waals surface area contributed by atoms with Gasteiger partial charge in [-0.15, -0.1) is 11.3 Å². The minimum atomic E-state index is -3.52. The Balaban J connectivity index is 2.18. The van der Waals surface area contributed by atoms with E-state index in [1.165, 1.54) is 22.8 Å². The van der Waals surface area contributed by atoms with Gasteiger partial charge in [-0.2, -0.15) is 0 Å². The summed E-state index contributed by atoms with van der Waals surface area (Å²) in [7, 11) is -3.52. The van der Waals surface area contributed by atoms with Crippen molar-refractivity contribution in [1.82, 2.24) is 4.72 Å². The van der Waals surface area contributed by atoms with Crippen molar-refractivity contribution in [3.8, 4) is 0 Å². The van der Waals surface area contributed by atoms with E-state index in [4.69, 9.17) is 9.84 Å². The minimum Gasteiger partial charge on any atom is -0.391 e. The largest absolute Gasteiger partial charge is 0.391 e. The third kappa shape index (κ3) is 2.86. The van der Waals surface area contributed by atoms with Gasteiger partial charge in [-0.1, -0.05) is 0 Å². The van der Waals surface area contributed by atoms with E-state index in [0.29, 0.717) is 24.5 Å². The Labute approximate surface area is 104 Å². The quantitative estimate of drug-likeness (QED) is 0.849. The maximum atomic E-state index is 12.1. The van der Waals surface area contributed by atoms with Crippen LogP contribution in [0.2, 0.25) is 0 Å². The minimum absolute atomic E-state index is 0.138. The van der Waals surface area contributed by atoms with Crippen molar-refractivity contribution < 1.29 is 18.3 Å². The number of aliphatic hydroxyl groups excluding tert-OH is 1. The zero-order valence-corrected chi connectivity index (χ0v) is 11.1. The van der Waals surface area contributed by atoms with Gasteiger partial charge in [-0.25, -0.2) is 13.1 Å². The normalized spacial score (nSPS) is 25.3. The molecule has 1 aliphatic heterocycles. The molecule has 2 rings (SSSR count). The molecule has 0 bridgehead atoms. The predicted molar refractivity (Wildman–Crippen MR) is 64.4 cm³/mol. The van der Waals surface area contributed by atoms with Gasteiger partial charge in [-0.05, 0) is 19.4 Å². The van der Waals surface area contributed by atoms with E-state index in [1.807, 2.05) is 6.92 Å². The van der Waals surface area contributed by atoms with Crippen molar-refractivity contribution in [2.45, 2.75) is 30.4 Å². The van der Waals surface area contributed by atoms with Gasteiger partial charge in [0.25, 0.3) is 0 Å². The lowest BCUT2D eigenvalue weighted by Gasteiger charge is -2.22. The van der Waals surface area contributed by atoms with Crippen LogP contribution in [0.1, 0.15) is 18.2 Å². The van der Waals surface area contributed by atoms with E-state index >= 15 is 0 Å². The van der Waals surface area contributed by atoms with Crippen LogP contribution in [-0.4, -0.2) is 32.3 Å². The van der Waals surface area contributed by atoms with Gasteiger partial charge in [0.2, 0.25) is 10.0 Å². The first-order valence-corrected chi connectivity index (χ1v) is 7.61. The molecule has 1 saturated heterocycles. The lowest BCUT2D eigenvalue weighted by atomic mass is 10.0. The van der Waals surface area contributed by atoms with Crippen LogP contribution in [0.5, 0.6) is 0 Å². The van der Waals surface area contributed by atoms with E-state index in [-0.39, 0.29) is 11.5 Å². The van der Waals surface area contributed by atoms with Crippen LogP contribution in [0.3, 0.4) is 0 Å². The molecule has 1 atom stereocenters. The summed E-state index contributed by atoms with van der Waals surface area (Å²) in [5.74, 6) is 0. The van der Waals surface area contributed by atoms with Gasteiger partial charge >= 0.3 is 0 Å². The highest BCUT2D eigenvalue weighted by Crippen LogP contribution is 2.24. The Morgan fingerprint density at radius 2 is 2.41 bits per heavy atom. The summed E-state index contributed by atoms with van der Waals surface area (Å²) in [4.78, 5) is 0.845. The molecule has 96 valence electrons. The third-order valence-electron chi connectivity index (χ3n) is 2.70. The second-order valence-corrected chi connectivity index (χ2v) is 7.05. The fraction of sp³-hybridized carbons (Fsp3) is 0.600. The zero-order chi connectivity index (χ0) is 12.5. The first-order valence-electron chi connectivity index (χ1n) is 5.25. The van der Waals surface area contributed by atoms with Crippen LogP contribution in [0, 0.1) is 0 Å². The van der Waals surface area contributed by atoms with Gasteiger partial charge in [0, 0.05) is 16.9 Å². The summed E-state index contributed by atoms with van der Waals surface area (Å²) in [6, 6.07) is 1.49. The first kappa shape index (κ1) is 13.0. The third-order valence-corrected chi connectivity index (χ3v) is 5.38. The van der Waals surface area contributed by atoms with E-state index < -0.39 is 15.6 Å². The topological polar surface area (TPSA) is 75.6 Å². The molecule has 2 N–H and O–H groups in total. The number of nitrogens with one attached hydrogen (secondary N) is 1. The first-order chi connectivity index (χ1) is 7.95. The highest BCUT2D eigenvalue weighted by Gasteiger charge is 2.34. The molecule has 0 amide bonds. The maximum absolute atomic E-state index is 12.1. The second kappa shape index (κ2) is 4.66. The standard InChI is InChI=1S/C10H15NO4S2/c1-10(2-3-15-7-10)11-17(13,14)9-4-8(5-12)16-6-9/h4,6,11-12H,2-3,5,7H2,1H3. The Morgan fingerprint density at radius 3 is 2.94 bits per heavy atom. The van der Waals surface area contributed by atoms with Gasteiger partial charge in [0.05, 0.1) is 23.6 Å². The molecular weight excluding hydrogens is 262 g/mol.